The summed E-state index contributed by atoms with van der Waals surface area (Å²) in [6, 6.07) is 14.2. The molecule has 0 fully saturated rings. The number of fused-ring (bicyclic) bond motifs is 1. The predicted molar refractivity (Wildman–Crippen MR) is 77.2 cm³/mol. The summed E-state index contributed by atoms with van der Waals surface area (Å²) >= 11 is 0. The molecule has 3 aromatic rings. The summed E-state index contributed by atoms with van der Waals surface area (Å²) in [7, 11) is 0. The van der Waals surface area contributed by atoms with Crippen LogP contribution in [-0.2, 0) is 13.0 Å². The zero-order valence-corrected chi connectivity index (χ0v) is 10.9. The number of anilines is 1. The average molecular weight is 252 g/mol. The van der Waals surface area contributed by atoms with E-state index in [-0.39, 0.29) is 0 Å². The summed E-state index contributed by atoms with van der Waals surface area (Å²) in [5.41, 5.74) is 2.03. The number of nitrogens with one attached hydrogen (secondary N) is 1. The van der Waals surface area contributed by atoms with Crippen molar-refractivity contribution in [3.05, 3.63) is 60.2 Å². The molecule has 3 heteroatoms. The lowest BCUT2D eigenvalue weighted by atomic mass is 10.2. The Labute approximate surface area is 112 Å². The minimum atomic E-state index is 0.676. The van der Waals surface area contributed by atoms with Gasteiger partial charge in [-0.1, -0.05) is 25.1 Å². The lowest BCUT2D eigenvalue weighted by molar-refractivity contribution is 0.476. The van der Waals surface area contributed by atoms with Crippen LogP contribution in [0.25, 0.3) is 10.9 Å². The predicted octanol–water partition coefficient (Wildman–Crippen LogP) is 4.00. The van der Waals surface area contributed by atoms with Crippen LogP contribution in [0.4, 0.5) is 5.69 Å². The molecule has 0 unspecified atom stereocenters. The summed E-state index contributed by atoms with van der Waals surface area (Å²) in [6.07, 6.45) is 2.74. The van der Waals surface area contributed by atoms with Crippen LogP contribution >= 0.6 is 0 Å². The van der Waals surface area contributed by atoms with E-state index in [1.54, 1.807) is 0 Å². The molecular weight excluding hydrogens is 236 g/mol. The van der Waals surface area contributed by atoms with Crippen LogP contribution in [0, 0.1) is 0 Å². The van der Waals surface area contributed by atoms with Crippen LogP contribution in [0.5, 0.6) is 0 Å². The van der Waals surface area contributed by atoms with Crippen molar-refractivity contribution in [3.63, 3.8) is 0 Å². The average Bonchev–Trinajstić information content (AvgIpc) is 2.93. The highest BCUT2D eigenvalue weighted by Crippen LogP contribution is 2.21. The molecule has 2 aromatic heterocycles. The molecule has 1 N–H and O–H groups in total. The van der Waals surface area contributed by atoms with E-state index >= 15 is 0 Å². The Bertz CT molecular complexity index is 683. The molecule has 0 aliphatic heterocycles. The molecule has 0 saturated heterocycles. The summed E-state index contributed by atoms with van der Waals surface area (Å²) in [5, 5.41) is 4.53. The highest BCUT2D eigenvalue weighted by atomic mass is 16.3. The SMILES string of the molecule is CCc1ccc(CNc2cccc3cccnc23)o1. The van der Waals surface area contributed by atoms with Crippen molar-refractivity contribution in [3.8, 4) is 0 Å². The van der Waals surface area contributed by atoms with Gasteiger partial charge in [0, 0.05) is 18.0 Å². The first kappa shape index (κ1) is 11.8. The maximum atomic E-state index is 5.68. The van der Waals surface area contributed by atoms with Crippen molar-refractivity contribution >= 4 is 16.6 Å². The Hall–Kier alpha value is -2.29. The van der Waals surface area contributed by atoms with Crippen LogP contribution < -0.4 is 5.32 Å². The highest BCUT2D eigenvalue weighted by molar-refractivity contribution is 5.90. The molecule has 0 radical (unpaired) electrons. The van der Waals surface area contributed by atoms with Crippen LogP contribution in [0.1, 0.15) is 18.4 Å². The number of aryl methyl sites for hydroxylation is 1. The van der Waals surface area contributed by atoms with Gasteiger partial charge in [-0.05, 0) is 24.3 Å². The van der Waals surface area contributed by atoms with Crippen molar-refractivity contribution in [1.82, 2.24) is 4.98 Å². The fraction of sp³-hybridized carbons (Fsp3) is 0.188. The van der Waals surface area contributed by atoms with E-state index in [1.165, 1.54) is 0 Å². The molecule has 0 saturated carbocycles. The van der Waals surface area contributed by atoms with Crippen molar-refractivity contribution in [2.24, 2.45) is 0 Å². The zero-order valence-electron chi connectivity index (χ0n) is 10.9. The number of para-hydroxylation sites is 1. The molecule has 1 aromatic carbocycles. The van der Waals surface area contributed by atoms with Crippen LogP contribution in [0.3, 0.4) is 0 Å². The second-order valence-electron chi connectivity index (χ2n) is 4.46. The number of furan rings is 1. The van der Waals surface area contributed by atoms with E-state index in [2.05, 4.69) is 29.4 Å². The molecule has 0 bridgehead atoms. The van der Waals surface area contributed by atoms with Gasteiger partial charge in [0.15, 0.2) is 0 Å². The molecule has 3 rings (SSSR count). The number of benzene rings is 1. The van der Waals surface area contributed by atoms with Crippen LogP contribution in [0.2, 0.25) is 0 Å². The fourth-order valence-electron chi connectivity index (χ4n) is 2.14. The van der Waals surface area contributed by atoms with Gasteiger partial charge in [0.1, 0.15) is 11.5 Å². The topological polar surface area (TPSA) is 38.1 Å². The first-order valence-electron chi connectivity index (χ1n) is 6.52. The number of hydrogen-bond donors (Lipinski definition) is 1. The molecule has 19 heavy (non-hydrogen) atoms. The fourth-order valence-corrected chi connectivity index (χ4v) is 2.14. The Morgan fingerprint density at radius 3 is 2.74 bits per heavy atom. The van der Waals surface area contributed by atoms with Gasteiger partial charge in [-0.2, -0.15) is 0 Å². The zero-order chi connectivity index (χ0) is 13.1. The Balaban J connectivity index is 1.81. The lowest BCUT2D eigenvalue weighted by Gasteiger charge is -2.07. The number of hydrogen-bond acceptors (Lipinski definition) is 3. The van der Waals surface area contributed by atoms with Gasteiger partial charge in [-0.3, -0.25) is 4.98 Å². The Kier molecular flexibility index (Phi) is 3.19. The van der Waals surface area contributed by atoms with Gasteiger partial charge in [-0.25, -0.2) is 0 Å². The summed E-state index contributed by atoms with van der Waals surface area (Å²) < 4.78 is 5.68. The number of nitrogens with zero attached hydrogens (tertiary/aromatic N) is 1. The Morgan fingerprint density at radius 1 is 1.05 bits per heavy atom. The molecule has 0 amide bonds. The van der Waals surface area contributed by atoms with Gasteiger partial charge in [0.25, 0.3) is 0 Å². The first-order valence-corrected chi connectivity index (χ1v) is 6.52. The van der Waals surface area contributed by atoms with Gasteiger partial charge >= 0.3 is 0 Å². The summed E-state index contributed by atoms with van der Waals surface area (Å²) in [6.45, 7) is 2.76. The Morgan fingerprint density at radius 2 is 1.89 bits per heavy atom. The van der Waals surface area contributed by atoms with Crippen molar-refractivity contribution < 1.29 is 4.42 Å². The first-order chi connectivity index (χ1) is 9.36. The van der Waals surface area contributed by atoms with E-state index in [4.69, 9.17) is 4.42 Å². The molecule has 0 aliphatic rings. The minimum Gasteiger partial charge on any atom is -0.464 e. The molecule has 2 heterocycles. The van der Waals surface area contributed by atoms with Crippen molar-refractivity contribution in [2.45, 2.75) is 19.9 Å². The van der Waals surface area contributed by atoms with Gasteiger partial charge in [-0.15, -0.1) is 0 Å². The number of aromatic nitrogens is 1. The van der Waals surface area contributed by atoms with E-state index < -0.39 is 0 Å². The quantitative estimate of drug-likeness (QED) is 0.762. The van der Waals surface area contributed by atoms with Gasteiger partial charge in [0.05, 0.1) is 17.7 Å². The number of pyridine rings is 1. The summed E-state index contributed by atoms with van der Waals surface area (Å²) in [5.74, 6) is 1.97. The van der Waals surface area contributed by atoms with E-state index in [0.29, 0.717) is 6.54 Å². The van der Waals surface area contributed by atoms with Gasteiger partial charge in [0.2, 0.25) is 0 Å². The standard InChI is InChI=1S/C16H16N2O/c1-2-13-8-9-14(19-13)11-18-15-7-3-5-12-6-4-10-17-16(12)15/h3-10,18H,2,11H2,1H3. The molecular formula is C16H16N2O. The van der Waals surface area contributed by atoms with Crippen LogP contribution in [0.15, 0.2) is 53.1 Å². The normalized spacial score (nSPS) is 10.8. The number of rotatable bonds is 4. The van der Waals surface area contributed by atoms with E-state index in [0.717, 1.165) is 34.5 Å². The smallest absolute Gasteiger partial charge is 0.123 e. The third-order valence-corrected chi connectivity index (χ3v) is 3.15. The third kappa shape index (κ3) is 2.45. The monoisotopic (exact) mass is 252 g/mol. The van der Waals surface area contributed by atoms with Crippen molar-refractivity contribution in [2.75, 3.05) is 5.32 Å². The highest BCUT2D eigenvalue weighted by Gasteiger charge is 2.03. The summed E-state index contributed by atoms with van der Waals surface area (Å²) in [4.78, 5) is 4.42. The van der Waals surface area contributed by atoms with Crippen LogP contribution in [-0.4, -0.2) is 4.98 Å². The maximum Gasteiger partial charge on any atom is 0.123 e. The van der Waals surface area contributed by atoms with Crippen molar-refractivity contribution in [1.29, 1.82) is 0 Å². The molecule has 0 spiro atoms. The van der Waals surface area contributed by atoms with E-state index in [1.807, 2.05) is 36.5 Å². The molecule has 96 valence electrons. The third-order valence-electron chi connectivity index (χ3n) is 3.15. The minimum absolute atomic E-state index is 0.676. The second-order valence-corrected chi connectivity index (χ2v) is 4.46. The largest absolute Gasteiger partial charge is 0.464 e. The molecule has 3 nitrogen and oxygen atoms in total. The molecule has 0 atom stereocenters. The maximum absolute atomic E-state index is 5.68. The van der Waals surface area contributed by atoms with E-state index in [9.17, 15) is 0 Å². The van der Waals surface area contributed by atoms with Gasteiger partial charge < -0.3 is 9.73 Å². The molecule has 0 aliphatic carbocycles. The lowest BCUT2D eigenvalue weighted by Crippen LogP contribution is -1.99. The second kappa shape index (κ2) is 5.14.